The number of thiazole rings is 1. The van der Waals surface area contributed by atoms with Crippen molar-refractivity contribution in [2.75, 3.05) is 26.2 Å². The predicted octanol–water partition coefficient (Wildman–Crippen LogP) is 2.61. The maximum Gasteiger partial charge on any atom is 0.226 e. The standard InChI is InChI=1S/C13H16BrN5OS.C2H6/c14-11-9-19(20)13(21-11)17-12-3-1-2-10(16-12)8-18-6-4-15-5-7-18;1-2/h1-3,9,15,20H,4-8H2;1-2H3/b17-13-;. The van der Waals surface area contributed by atoms with E-state index in [-0.39, 0.29) is 0 Å². The third-order valence-electron chi connectivity index (χ3n) is 3.21. The number of piperazine rings is 1. The Balaban J connectivity index is 0.000000924. The Morgan fingerprint density at radius 2 is 2.09 bits per heavy atom. The van der Waals surface area contributed by atoms with E-state index < -0.39 is 0 Å². The van der Waals surface area contributed by atoms with Gasteiger partial charge in [0.1, 0.15) is 0 Å². The summed E-state index contributed by atoms with van der Waals surface area (Å²) in [6.07, 6.45) is 1.56. The number of pyridine rings is 1. The second-order valence-electron chi connectivity index (χ2n) is 4.79. The molecule has 1 aliphatic rings. The Hall–Kier alpha value is -1.22. The highest BCUT2D eigenvalue weighted by molar-refractivity contribution is 9.11. The molecule has 0 saturated carbocycles. The van der Waals surface area contributed by atoms with Crippen LogP contribution < -0.4 is 10.1 Å². The molecule has 23 heavy (non-hydrogen) atoms. The normalized spacial score (nSPS) is 16.0. The van der Waals surface area contributed by atoms with Crippen molar-refractivity contribution in [3.8, 4) is 0 Å². The van der Waals surface area contributed by atoms with E-state index in [1.54, 1.807) is 6.20 Å². The molecule has 0 amide bonds. The van der Waals surface area contributed by atoms with Crippen molar-refractivity contribution >= 4 is 33.1 Å². The van der Waals surface area contributed by atoms with Crippen molar-refractivity contribution < 1.29 is 5.21 Å². The Morgan fingerprint density at radius 3 is 2.74 bits per heavy atom. The number of hydrogen-bond donors (Lipinski definition) is 2. The van der Waals surface area contributed by atoms with Gasteiger partial charge in [0.15, 0.2) is 5.82 Å². The van der Waals surface area contributed by atoms with Crippen molar-refractivity contribution in [2.24, 2.45) is 4.99 Å². The summed E-state index contributed by atoms with van der Waals surface area (Å²) in [7, 11) is 0. The summed E-state index contributed by atoms with van der Waals surface area (Å²) in [5, 5.41) is 13.0. The van der Waals surface area contributed by atoms with Crippen molar-refractivity contribution in [3.05, 3.63) is 38.7 Å². The summed E-state index contributed by atoms with van der Waals surface area (Å²) in [5.74, 6) is 0.611. The van der Waals surface area contributed by atoms with E-state index in [0.29, 0.717) is 10.6 Å². The van der Waals surface area contributed by atoms with Crippen molar-refractivity contribution in [1.82, 2.24) is 19.9 Å². The first-order valence-electron chi connectivity index (χ1n) is 7.72. The quantitative estimate of drug-likeness (QED) is 0.778. The highest BCUT2D eigenvalue weighted by Crippen LogP contribution is 2.14. The first-order valence-corrected chi connectivity index (χ1v) is 9.32. The average molecular weight is 400 g/mol. The van der Waals surface area contributed by atoms with E-state index >= 15 is 0 Å². The van der Waals surface area contributed by atoms with Gasteiger partial charge in [-0.2, -0.15) is 9.72 Å². The van der Waals surface area contributed by atoms with Crippen LogP contribution in [0.5, 0.6) is 0 Å². The number of hydrogen-bond acceptors (Lipinski definition) is 6. The van der Waals surface area contributed by atoms with Gasteiger partial charge in [0.25, 0.3) is 0 Å². The monoisotopic (exact) mass is 399 g/mol. The van der Waals surface area contributed by atoms with Crippen LogP contribution in [0.25, 0.3) is 0 Å². The topological polar surface area (TPSA) is 65.7 Å². The maximum atomic E-state index is 9.68. The van der Waals surface area contributed by atoms with E-state index in [2.05, 4.69) is 36.1 Å². The number of nitrogens with zero attached hydrogens (tertiary/aromatic N) is 4. The third kappa shape index (κ3) is 5.42. The molecule has 3 rings (SSSR count). The molecule has 0 spiro atoms. The molecule has 8 heteroatoms. The molecule has 6 nitrogen and oxygen atoms in total. The molecule has 126 valence electrons. The fraction of sp³-hybridized carbons (Fsp3) is 0.467. The van der Waals surface area contributed by atoms with E-state index in [0.717, 1.165) is 46.9 Å². The van der Waals surface area contributed by atoms with E-state index in [9.17, 15) is 5.21 Å². The van der Waals surface area contributed by atoms with Crippen LogP contribution in [-0.2, 0) is 6.54 Å². The van der Waals surface area contributed by atoms with Crippen molar-refractivity contribution in [3.63, 3.8) is 0 Å². The third-order valence-corrected chi connectivity index (χ3v) is 4.66. The van der Waals surface area contributed by atoms with Gasteiger partial charge in [-0.1, -0.05) is 31.3 Å². The smallest absolute Gasteiger partial charge is 0.226 e. The van der Waals surface area contributed by atoms with Gasteiger partial charge in [-0.25, -0.2) is 4.98 Å². The minimum absolute atomic E-state index is 0.494. The Kier molecular flexibility index (Phi) is 7.22. The molecule has 0 bridgehead atoms. The number of nitrogens with one attached hydrogen (secondary N) is 1. The van der Waals surface area contributed by atoms with Gasteiger partial charge in [-0.15, -0.1) is 0 Å². The van der Waals surface area contributed by atoms with Gasteiger partial charge >= 0.3 is 0 Å². The maximum absolute atomic E-state index is 9.68. The molecule has 0 radical (unpaired) electrons. The van der Waals surface area contributed by atoms with Gasteiger partial charge < -0.3 is 10.5 Å². The fourth-order valence-corrected chi connectivity index (χ4v) is 3.44. The SMILES string of the molecule is CC.On1cc(Br)s/c1=N\c1cccc(CN2CCNCC2)n1. The Morgan fingerprint density at radius 1 is 1.35 bits per heavy atom. The van der Waals surface area contributed by atoms with Gasteiger partial charge in [0, 0.05) is 32.7 Å². The molecule has 2 aromatic rings. The molecular weight excluding hydrogens is 378 g/mol. The van der Waals surface area contributed by atoms with Crippen LogP contribution in [-0.4, -0.2) is 46.0 Å². The minimum Gasteiger partial charge on any atom is -0.426 e. The summed E-state index contributed by atoms with van der Waals surface area (Å²) in [6.45, 7) is 8.96. The van der Waals surface area contributed by atoms with Crippen LogP contribution in [0.2, 0.25) is 0 Å². The fourth-order valence-electron chi connectivity index (χ4n) is 2.20. The van der Waals surface area contributed by atoms with Gasteiger partial charge in [0.05, 0.1) is 15.7 Å². The Labute approximate surface area is 148 Å². The molecule has 1 aliphatic heterocycles. The summed E-state index contributed by atoms with van der Waals surface area (Å²) in [5.41, 5.74) is 0.998. The summed E-state index contributed by atoms with van der Waals surface area (Å²) >= 11 is 4.68. The molecule has 2 aromatic heterocycles. The van der Waals surface area contributed by atoms with Crippen LogP contribution in [0.4, 0.5) is 5.82 Å². The number of aromatic nitrogens is 2. The number of halogens is 1. The van der Waals surface area contributed by atoms with E-state index in [4.69, 9.17) is 0 Å². The molecule has 1 fully saturated rings. The van der Waals surface area contributed by atoms with Crippen LogP contribution in [0.1, 0.15) is 19.5 Å². The highest BCUT2D eigenvalue weighted by atomic mass is 79.9. The molecular formula is C15H22BrN5OS. The second kappa shape index (κ2) is 9.17. The Bertz CT molecular complexity index is 679. The number of rotatable bonds is 3. The lowest BCUT2D eigenvalue weighted by Gasteiger charge is -2.26. The van der Waals surface area contributed by atoms with Gasteiger partial charge in [-0.05, 0) is 28.1 Å². The first kappa shape index (κ1) is 18.1. The largest absolute Gasteiger partial charge is 0.426 e. The van der Waals surface area contributed by atoms with Crippen LogP contribution in [0, 0.1) is 0 Å². The van der Waals surface area contributed by atoms with Crippen LogP contribution >= 0.6 is 27.3 Å². The molecule has 0 aromatic carbocycles. The lowest BCUT2D eigenvalue weighted by atomic mass is 10.3. The molecule has 0 atom stereocenters. The zero-order valence-electron chi connectivity index (χ0n) is 13.4. The lowest BCUT2D eigenvalue weighted by molar-refractivity contribution is 0.177. The molecule has 3 heterocycles. The summed E-state index contributed by atoms with van der Waals surface area (Å²) in [6, 6.07) is 5.81. The van der Waals surface area contributed by atoms with Gasteiger partial charge in [-0.3, -0.25) is 4.90 Å². The minimum atomic E-state index is 0.494. The summed E-state index contributed by atoms with van der Waals surface area (Å²) in [4.78, 5) is 11.8. The predicted molar refractivity (Wildman–Crippen MR) is 96.1 cm³/mol. The molecule has 0 unspecified atom stereocenters. The van der Waals surface area contributed by atoms with E-state index in [1.807, 2.05) is 32.0 Å². The average Bonchev–Trinajstić information content (AvgIpc) is 2.88. The molecule has 0 aliphatic carbocycles. The van der Waals surface area contributed by atoms with Crippen molar-refractivity contribution in [1.29, 1.82) is 0 Å². The van der Waals surface area contributed by atoms with Crippen molar-refractivity contribution in [2.45, 2.75) is 20.4 Å². The molecule has 1 saturated heterocycles. The molecule has 2 N–H and O–H groups in total. The van der Waals surface area contributed by atoms with Crippen LogP contribution in [0.3, 0.4) is 0 Å². The van der Waals surface area contributed by atoms with Gasteiger partial charge in [0.2, 0.25) is 4.80 Å². The zero-order valence-corrected chi connectivity index (χ0v) is 15.8. The van der Waals surface area contributed by atoms with Crippen LogP contribution in [0.15, 0.2) is 33.2 Å². The zero-order chi connectivity index (χ0) is 16.7. The van der Waals surface area contributed by atoms with E-state index in [1.165, 1.54) is 11.3 Å². The lowest BCUT2D eigenvalue weighted by Crippen LogP contribution is -2.43. The second-order valence-corrected chi connectivity index (χ2v) is 7.18. The first-order chi connectivity index (χ1) is 11.2. The summed E-state index contributed by atoms with van der Waals surface area (Å²) < 4.78 is 1.82. The highest BCUT2D eigenvalue weighted by Gasteiger charge is 2.10.